The largest absolute Gasteiger partial charge is 0.497 e. The number of methoxy groups -OCH3 is 1. The van der Waals surface area contributed by atoms with Crippen LogP contribution in [-0.4, -0.2) is 19.7 Å². The number of ether oxygens (including phenoxy) is 1. The lowest BCUT2D eigenvalue weighted by Crippen LogP contribution is -2.37. The Hall–Kier alpha value is -1.02. The van der Waals surface area contributed by atoms with Crippen molar-refractivity contribution in [3.63, 3.8) is 0 Å². The average Bonchev–Trinajstić information content (AvgIpc) is 2.38. The van der Waals surface area contributed by atoms with E-state index >= 15 is 0 Å². The van der Waals surface area contributed by atoms with Crippen molar-refractivity contribution in [1.82, 2.24) is 5.32 Å². The first kappa shape index (κ1) is 14.4. The maximum Gasteiger partial charge on any atom is 0.118 e. The van der Waals surface area contributed by atoms with Crippen LogP contribution in [0.15, 0.2) is 24.3 Å². The van der Waals surface area contributed by atoms with Crippen molar-refractivity contribution in [3.8, 4) is 5.75 Å². The summed E-state index contributed by atoms with van der Waals surface area (Å²) in [6.07, 6.45) is 5.18. The first-order chi connectivity index (χ1) is 9.17. The quantitative estimate of drug-likeness (QED) is 0.873. The van der Waals surface area contributed by atoms with Crippen LogP contribution in [0.4, 0.5) is 0 Å². The Morgan fingerprint density at radius 1 is 1.05 bits per heavy atom. The molecule has 1 aromatic carbocycles. The van der Waals surface area contributed by atoms with Gasteiger partial charge in [-0.25, -0.2) is 0 Å². The Labute approximate surface area is 117 Å². The Balaban J connectivity index is 1.73. The van der Waals surface area contributed by atoms with Crippen LogP contribution in [0, 0.1) is 11.8 Å². The zero-order valence-electron chi connectivity index (χ0n) is 12.5. The molecule has 2 nitrogen and oxygen atoms in total. The Kier molecular flexibility index (Phi) is 5.26. The van der Waals surface area contributed by atoms with E-state index in [-0.39, 0.29) is 0 Å². The molecule has 2 rings (SSSR count). The summed E-state index contributed by atoms with van der Waals surface area (Å²) in [4.78, 5) is 0. The molecule has 1 aromatic rings. The third-order valence-electron chi connectivity index (χ3n) is 4.18. The second-order valence-corrected chi connectivity index (χ2v) is 6.17. The van der Waals surface area contributed by atoms with Gasteiger partial charge in [0.25, 0.3) is 0 Å². The normalized spacial score (nSPS) is 27.2. The summed E-state index contributed by atoms with van der Waals surface area (Å²) >= 11 is 0. The Bertz CT molecular complexity index is 363. The van der Waals surface area contributed by atoms with E-state index in [1.807, 2.05) is 12.1 Å². The van der Waals surface area contributed by atoms with Crippen LogP contribution in [-0.2, 0) is 6.42 Å². The smallest absolute Gasteiger partial charge is 0.118 e. The molecule has 0 spiro atoms. The summed E-state index contributed by atoms with van der Waals surface area (Å²) in [5.41, 5.74) is 1.38. The fourth-order valence-electron chi connectivity index (χ4n) is 3.33. The SMILES string of the molecule is COc1ccc(CCNC2CC(C)CC(C)C2)cc1. The topological polar surface area (TPSA) is 21.3 Å². The van der Waals surface area contributed by atoms with Crippen molar-refractivity contribution < 1.29 is 4.74 Å². The zero-order valence-corrected chi connectivity index (χ0v) is 12.5. The van der Waals surface area contributed by atoms with Gasteiger partial charge in [0.1, 0.15) is 5.75 Å². The van der Waals surface area contributed by atoms with Crippen LogP contribution in [0.5, 0.6) is 5.75 Å². The summed E-state index contributed by atoms with van der Waals surface area (Å²) in [6.45, 7) is 5.85. The lowest BCUT2D eigenvalue weighted by Gasteiger charge is -2.32. The molecule has 0 bridgehead atoms. The molecule has 0 heterocycles. The van der Waals surface area contributed by atoms with E-state index in [0.717, 1.165) is 36.6 Å². The molecule has 0 radical (unpaired) electrons. The molecule has 0 amide bonds. The number of benzene rings is 1. The van der Waals surface area contributed by atoms with E-state index in [9.17, 15) is 0 Å². The minimum Gasteiger partial charge on any atom is -0.497 e. The van der Waals surface area contributed by atoms with E-state index in [1.165, 1.54) is 24.8 Å². The standard InChI is InChI=1S/C17H27NO/c1-13-10-14(2)12-16(11-13)18-9-8-15-4-6-17(19-3)7-5-15/h4-7,13-14,16,18H,8-12H2,1-3H3. The molecule has 0 saturated heterocycles. The van der Waals surface area contributed by atoms with E-state index in [2.05, 4.69) is 31.3 Å². The maximum absolute atomic E-state index is 5.18. The summed E-state index contributed by atoms with van der Waals surface area (Å²) < 4.78 is 5.18. The molecular formula is C17H27NO. The molecule has 106 valence electrons. The van der Waals surface area contributed by atoms with E-state index in [1.54, 1.807) is 7.11 Å². The monoisotopic (exact) mass is 261 g/mol. The minimum absolute atomic E-state index is 0.719. The number of rotatable bonds is 5. The van der Waals surface area contributed by atoms with Crippen molar-refractivity contribution in [2.45, 2.75) is 45.6 Å². The highest BCUT2D eigenvalue weighted by atomic mass is 16.5. The summed E-state index contributed by atoms with van der Waals surface area (Å²) in [6, 6.07) is 9.12. The fraction of sp³-hybridized carbons (Fsp3) is 0.647. The number of hydrogen-bond donors (Lipinski definition) is 1. The minimum atomic E-state index is 0.719. The molecule has 1 saturated carbocycles. The van der Waals surface area contributed by atoms with Crippen LogP contribution < -0.4 is 10.1 Å². The number of hydrogen-bond acceptors (Lipinski definition) is 2. The third kappa shape index (κ3) is 4.54. The molecule has 0 aliphatic heterocycles. The van der Waals surface area contributed by atoms with Gasteiger partial charge in [-0.15, -0.1) is 0 Å². The highest BCUT2D eigenvalue weighted by molar-refractivity contribution is 5.27. The van der Waals surface area contributed by atoms with Gasteiger partial charge in [0, 0.05) is 6.04 Å². The second kappa shape index (κ2) is 6.95. The summed E-state index contributed by atoms with van der Waals surface area (Å²) in [7, 11) is 1.71. The van der Waals surface area contributed by atoms with Gasteiger partial charge in [-0.05, 0) is 61.8 Å². The van der Waals surface area contributed by atoms with Gasteiger partial charge in [0.2, 0.25) is 0 Å². The van der Waals surface area contributed by atoms with E-state index in [0.29, 0.717) is 0 Å². The second-order valence-electron chi connectivity index (χ2n) is 6.17. The average molecular weight is 261 g/mol. The van der Waals surface area contributed by atoms with Gasteiger partial charge in [-0.2, -0.15) is 0 Å². The predicted molar refractivity (Wildman–Crippen MR) is 80.7 cm³/mol. The zero-order chi connectivity index (χ0) is 13.7. The first-order valence-electron chi connectivity index (χ1n) is 7.53. The lowest BCUT2D eigenvalue weighted by molar-refractivity contribution is 0.240. The highest BCUT2D eigenvalue weighted by Crippen LogP contribution is 2.28. The van der Waals surface area contributed by atoms with Crippen LogP contribution in [0.2, 0.25) is 0 Å². The van der Waals surface area contributed by atoms with Crippen molar-refractivity contribution in [2.24, 2.45) is 11.8 Å². The molecule has 1 fully saturated rings. The van der Waals surface area contributed by atoms with E-state index < -0.39 is 0 Å². The molecule has 2 heteroatoms. The maximum atomic E-state index is 5.18. The number of nitrogens with one attached hydrogen (secondary N) is 1. The molecule has 19 heavy (non-hydrogen) atoms. The molecule has 1 N–H and O–H groups in total. The molecule has 1 aliphatic rings. The van der Waals surface area contributed by atoms with Crippen LogP contribution in [0.1, 0.15) is 38.7 Å². The van der Waals surface area contributed by atoms with Crippen molar-refractivity contribution in [2.75, 3.05) is 13.7 Å². The first-order valence-corrected chi connectivity index (χ1v) is 7.53. The molecular weight excluding hydrogens is 234 g/mol. The van der Waals surface area contributed by atoms with Gasteiger partial charge in [0.15, 0.2) is 0 Å². The van der Waals surface area contributed by atoms with Gasteiger partial charge >= 0.3 is 0 Å². The lowest BCUT2D eigenvalue weighted by atomic mass is 9.80. The molecule has 1 aliphatic carbocycles. The van der Waals surface area contributed by atoms with Crippen molar-refractivity contribution >= 4 is 0 Å². The Morgan fingerprint density at radius 2 is 1.68 bits per heavy atom. The third-order valence-corrected chi connectivity index (χ3v) is 4.18. The van der Waals surface area contributed by atoms with Crippen molar-refractivity contribution in [1.29, 1.82) is 0 Å². The van der Waals surface area contributed by atoms with E-state index in [4.69, 9.17) is 4.74 Å². The fourth-order valence-corrected chi connectivity index (χ4v) is 3.33. The van der Waals surface area contributed by atoms with Crippen molar-refractivity contribution in [3.05, 3.63) is 29.8 Å². The van der Waals surface area contributed by atoms with Crippen LogP contribution in [0.3, 0.4) is 0 Å². The van der Waals surface area contributed by atoms with Gasteiger partial charge in [0.05, 0.1) is 7.11 Å². The molecule has 2 atom stereocenters. The molecule has 0 aromatic heterocycles. The summed E-state index contributed by atoms with van der Waals surface area (Å²) in [5, 5.41) is 3.73. The van der Waals surface area contributed by atoms with Gasteiger partial charge in [-0.3, -0.25) is 0 Å². The van der Waals surface area contributed by atoms with Gasteiger partial charge < -0.3 is 10.1 Å². The predicted octanol–water partition coefficient (Wildman–Crippen LogP) is 3.65. The van der Waals surface area contributed by atoms with Crippen LogP contribution >= 0.6 is 0 Å². The van der Waals surface area contributed by atoms with Crippen LogP contribution in [0.25, 0.3) is 0 Å². The Morgan fingerprint density at radius 3 is 2.26 bits per heavy atom. The molecule has 2 unspecified atom stereocenters. The summed E-state index contributed by atoms with van der Waals surface area (Å²) in [5.74, 6) is 2.69. The highest BCUT2D eigenvalue weighted by Gasteiger charge is 2.22. The van der Waals surface area contributed by atoms with Gasteiger partial charge in [-0.1, -0.05) is 26.0 Å².